The van der Waals surface area contributed by atoms with Gasteiger partial charge in [-0.1, -0.05) is 84.9 Å². The fourth-order valence-corrected chi connectivity index (χ4v) is 4.11. The summed E-state index contributed by atoms with van der Waals surface area (Å²) in [6, 6.07) is 35.3. The summed E-state index contributed by atoms with van der Waals surface area (Å²) in [5, 5.41) is 0. The zero-order chi connectivity index (χ0) is 20.5. The molecule has 0 saturated heterocycles. The van der Waals surface area contributed by atoms with Gasteiger partial charge in [0.05, 0.1) is 16.8 Å². The zero-order valence-corrected chi connectivity index (χ0v) is 16.2. The molecule has 0 bridgehead atoms. The van der Waals surface area contributed by atoms with E-state index < -0.39 is 0 Å². The van der Waals surface area contributed by atoms with Crippen LogP contribution in [0, 0.1) is 0 Å². The summed E-state index contributed by atoms with van der Waals surface area (Å²) in [6.07, 6.45) is 0. The number of carbonyl (C=O) groups excluding carboxylic acids is 2. The van der Waals surface area contributed by atoms with Crippen molar-refractivity contribution in [2.45, 2.75) is 5.92 Å². The molecule has 1 heterocycles. The molecule has 0 unspecified atom stereocenters. The van der Waals surface area contributed by atoms with Gasteiger partial charge in [-0.2, -0.15) is 0 Å². The molecule has 30 heavy (non-hydrogen) atoms. The highest BCUT2D eigenvalue weighted by molar-refractivity contribution is 6.34. The number of hydrogen-bond acceptors (Lipinski definition) is 2. The lowest BCUT2D eigenvalue weighted by atomic mass is 9.85. The third-order valence-corrected chi connectivity index (χ3v) is 5.54. The Balaban J connectivity index is 1.53. The molecule has 0 saturated carbocycles. The van der Waals surface area contributed by atoms with E-state index in [2.05, 4.69) is 24.3 Å². The van der Waals surface area contributed by atoms with Crippen molar-refractivity contribution in [2.24, 2.45) is 0 Å². The van der Waals surface area contributed by atoms with Crippen molar-refractivity contribution in [3.8, 4) is 0 Å². The Morgan fingerprint density at radius 3 is 1.33 bits per heavy atom. The van der Waals surface area contributed by atoms with Gasteiger partial charge in [0, 0.05) is 5.92 Å². The molecule has 0 fully saturated rings. The second kappa shape index (κ2) is 7.45. The highest BCUT2D eigenvalue weighted by atomic mass is 16.2. The number of benzene rings is 4. The van der Waals surface area contributed by atoms with Crippen LogP contribution in [-0.4, -0.2) is 11.8 Å². The molecule has 3 heteroatoms. The standard InChI is InChI=1S/C27H19NO2/c29-26-23-13-7-8-14-24(23)27(30)28(26)22-17-15-21(16-18-22)25(19-9-3-1-4-10-19)20-11-5-2-6-12-20/h1-18,25H. The van der Waals surface area contributed by atoms with Crippen LogP contribution in [0.5, 0.6) is 0 Å². The summed E-state index contributed by atoms with van der Waals surface area (Å²) >= 11 is 0. The number of rotatable bonds is 4. The summed E-state index contributed by atoms with van der Waals surface area (Å²) < 4.78 is 0. The highest BCUT2D eigenvalue weighted by Crippen LogP contribution is 2.34. The van der Waals surface area contributed by atoms with Crippen LogP contribution in [0.3, 0.4) is 0 Å². The van der Waals surface area contributed by atoms with Crippen molar-refractivity contribution >= 4 is 17.5 Å². The average molecular weight is 389 g/mol. The van der Waals surface area contributed by atoms with Gasteiger partial charge in [-0.15, -0.1) is 0 Å². The molecule has 0 atom stereocenters. The van der Waals surface area contributed by atoms with E-state index in [-0.39, 0.29) is 17.7 Å². The van der Waals surface area contributed by atoms with Gasteiger partial charge in [-0.05, 0) is 41.0 Å². The molecule has 2 amide bonds. The molecule has 5 rings (SSSR count). The molecule has 0 aliphatic carbocycles. The summed E-state index contributed by atoms with van der Waals surface area (Å²) in [6.45, 7) is 0. The third kappa shape index (κ3) is 3.01. The maximum Gasteiger partial charge on any atom is 0.266 e. The van der Waals surface area contributed by atoms with E-state index in [1.807, 2.05) is 60.7 Å². The number of hydrogen-bond donors (Lipinski definition) is 0. The van der Waals surface area contributed by atoms with Crippen molar-refractivity contribution in [1.82, 2.24) is 0 Å². The first-order valence-electron chi connectivity index (χ1n) is 9.92. The molecule has 4 aromatic carbocycles. The molecular weight excluding hydrogens is 370 g/mol. The third-order valence-electron chi connectivity index (χ3n) is 5.54. The molecule has 0 N–H and O–H groups in total. The average Bonchev–Trinajstić information content (AvgIpc) is 3.06. The number of carbonyl (C=O) groups is 2. The normalized spacial score (nSPS) is 13.0. The fraction of sp³-hybridized carbons (Fsp3) is 0.0370. The molecule has 0 radical (unpaired) electrons. The lowest BCUT2D eigenvalue weighted by molar-refractivity contribution is 0.0926. The maximum atomic E-state index is 12.8. The molecule has 1 aliphatic rings. The van der Waals surface area contributed by atoms with Crippen LogP contribution in [0.1, 0.15) is 43.3 Å². The monoisotopic (exact) mass is 389 g/mol. The predicted octanol–water partition coefficient (Wildman–Crippen LogP) is 5.67. The van der Waals surface area contributed by atoms with E-state index in [1.54, 1.807) is 24.3 Å². The van der Waals surface area contributed by atoms with Crippen molar-refractivity contribution < 1.29 is 9.59 Å². The number of imide groups is 1. The largest absolute Gasteiger partial charge is 0.268 e. The van der Waals surface area contributed by atoms with Crippen molar-refractivity contribution in [1.29, 1.82) is 0 Å². The summed E-state index contributed by atoms with van der Waals surface area (Å²) in [5.74, 6) is -0.472. The van der Waals surface area contributed by atoms with Crippen LogP contribution in [0.4, 0.5) is 5.69 Å². The van der Waals surface area contributed by atoms with Crippen LogP contribution < -0.4 is 4.90 Å². The molecule has 3 nitrogen and oxygen atoms in total. The van der Waals surface area contributed by atoms with Gasteiger partial charge in [0.25, 0.3) is 11.8 Å². The van der Waals surface area contributed by atoms with Crippen LogP contribution >= 0.6 is 0 Å². The van der Waals surface area contributed by atoms with Crippen LogP contribution in [0.2, 0.25) is 0 Å². The molecule has 4 aromatic rings. The Hall–Kier alpha value is -3.98. The van der Waals surface area contributed by atoms with Gasteiger partial charge < -0.3 is 0 Å². The lowest BCUT2D eigenvalue weighted by Crippen LogP contribution is -2.29. The van der Waals surface area contributed by atoms with Gasteiger partial charge in [-0.3, -0.25) is 9.59 Å². The summed E-state index contributed by atoms with van der Waals surface area (Å²) in [4.78, 5) is 26.8. The Morgan fingerprint density at radius 1 is 0.467 bits per heavy atom. The first-order chi connectivity index (χ1) is 14.7. The van der Waals surface area contributed by atoms with E-state index in [0.717, 1.165) is 5.56 Å². The number of anilines is 1. The lowest BCUT2D eigenvalue weighted by Gasteiger charge is -2.20. The second-order valence-electron chi connectivity index (χ2n) is 7.34. The van der Waals surface area contributed by atoms with Crippen molar-refractivity contribution in [3.63, 3.8) is 0 Å². The highest BCUT2D eigenvalue weighted by Gasteiger charge is 2.36. The molecule has 0 spiro atoms. The number of nitrogens with zero attached hydrogens (tertiary/aromatic N) is 1. The van der Waals surface area contributed by atoms with Crippen LogP contribution in [-0.2, 0) is 0 Å². The van der Waals surface area contributed by atoms with E-state index >= 15 is 0 Å². The van der Waals surface area contributed by atoms with E-state index in [0.29, 0.717) is 16.8 Å². The van der Waals surface area contributed by atoms with E-state index in [1.165, 1.54) is 16.0 Å². The molecule has 144 valence electrons. The molecular formula is C27H19NO2. The Labute approximate surface area is 175 Å². The first-order valence-corrected chi connectivity index (χ1v) is 9.92. The van der Waals surface area contributed by atoms with Gasteiger partial charge in [0.15, 0.2) is 0 Å². The van der Waals surface area contributed by atoms with E-state index in [9.17, 15) is 9.59 Å². The van der Waals surface area contributed by atoms with Crippen LogP contribution in [0.25, 0.3) is 0 Å². The molecule has 1 aliphatic heterocycles. The Morgan fingerprint density at radius 2 is 0.867 bits per heavy atom. The quantitative estimate of drug-likeness (QED) is 0.333. The van der Waals surface area contributed by atoms with Crippen LogP contribution in [0.15, 0.2) is 109 Å². The SMILES string of the molecule is O=C1c2ccccc2C(=O)N1c1ccc(C(c2ccccc2)c2ccccc2)cc1. The minimum atomic E-state index is -0.272. The van der Waals surface area contributed by atoms with Gasteiger partial charge in [0.1, 0.15) is 0 Å². The summed E-state index contributed by atoms with van der Waals surface area (Å²) in [5.41, 5.74) is 4.99. The van der Waals surface area contributed by atoms with E-state index in [4.69, 9.17) is 0 Å². The van der Waals surface area contributed by atoms with Gasteiger partial charge in [-0.25, -0.2) is 4.90 Å². The Kier molecular flexibility index (Phi) is 4.49. The summed E-state index contributed by atoms with van der Waals surface area (Å²) in [7, 11) is 0. The smallest absolute Gasteiger partial charge is 0.266 e. The number of fused-ring (bicyclic) bond motifs is 1. The number of amides is 2. The minimum Gasteiger partial charge on any atom is -0.268 e. The van der Waals surface area contributed by atoms with Crippen molar-refractivity contribution in [2.75, 3.05) is 4.90 Å². The second-order valence-corrected chi connectivity index (χ2v) is 7.34. The van der Waals surface area contributed by atoms with Gasteiger partial charge in [0.2, 0.25) is 0 Å². The zero-order valence-electron chi connectivity index (χ0n) is 16.2. The Bertz CT molecular complexity index is 1140. The fourth-order valence-electron chi connectivity index (χ4n) is 4.11. The maximum absolute atomic E-state index is 12.8. The minimum absolute atomic E-state index is 0.0728. The van der Waals surface area contributed by atoms with Crippen molar-refractivity contribution in [3.05, 3.63) is 137 Å². The first kappa shape index (κ1) is 18.1. The van der Waals surface area contributed by atoms with Gasteiger partial charge >= 0.3 is 0 Å². The predicted molar refractivity (Wildman–Crippen MR) is 118 cm³/mol. The molecule has 0 aromatic heterocycles. The topological polar surface area (TPSA) is 37.4 Å².